The van der Waals surface area contributed by atoms with E-state index in [9.17, 15) is 9.59 Å². The van der Waals surface area contributed by atoms with Crippen LogP contribution < -0.4 is 5.32 Å². The van der Waals surface area contributed by atoms with Gasteiger partial charge >= 0.3 is 5.97 Å². The number of para-hydroxylation sites is 1. The van der Waals surface area contributed by atoms with Gasteiger partial charge in [0.2, 0.25) is 5.91 Å². The summed E-state index contributed by atoms with van der Waals surface area (Å²) < 4.78 is 4.93. The quantitative estimate of drug-likeness (QED) is 0.652. The summed E-state index contributed by atoms with van der Waals surface area (Å²) >= 11 is 0. The maximum absolute atomic E-state index is 12.0. The first-order chi connectivity index (χ1) is 11.1. The summed E-state index contributed by atoms with van der Waals surface area (Å²) in [6.45, 7) is 5.09. The van der Waals surface area contributed by atoms with E-state index in [1.54, 1.807) is 6.92 Å². The summed E-state index contributed by atoms with van der Waals surface area (Å²) in [5.41, 5.74) is 3.02. The van der Waals surface area contributed by atoms with Crippen molar-refractivity contribution in [2.45, 2.75) is 13.3 Å². The van der Waals surface area contributed by atoms with Gasteiger partial charge < -0.3 is 10.1 Å². The fourth-order valence-corrected chi connectivity index (χ4v) is 2.03. The van der Waals surface area contributed by atoms with Crippen molar-refractivity contribution in [1.29, 1.82) is 0 Å². The molecule has 0 aliphatic carbocycles. The molecule has 0 saturated carbocycles. The van der Waals surface area contributed by atoms with Crippen molar-refractivity contribution in [2.24, 2.45) is 0 Å². The van der Waals surface area contributed by atoms with E-state index in [4.69, 9.17) is 4.74 Å². The van der Waals surface area contributed by atoms with Crippen LogP contribution in [0, 0.1) is 0 Å². The number of anilines is 1. The van der Waals surface area contributed by atoms with Gasteiger partial charge in [-0.3, -0.25) is 4.79 Å². The first kappa shape index (κ1) is 16.5. The Morgan fingerprint density at radius 1 is 1.04 bits per heavy atom. The van der Waals surface area contributed by atoms with Gasteiger partial charge in [-0.1, -0.05) is 55.1 Å². The van der Waals surface area contributed by atoms with E-state index in [0.29, 0.717) is 5.57 Å². The molecule has 0 radical (unpaired) electrons. The third kappa shape index (κ3) is 4.81. The second-order valence-electron chi connectivity index (χ2n) is 5.13. The first-order valence-corrected chi connectivity index (χ1v) is 7.35. The molecule has 0 aromatic heterocycles. The van der Waals surface area contributed by atoms with Crippen LogP contribution in [0.1, 0.15) is 13.3 Å². The number of carbonyl (C=O) groups excluding carboxylic acids is 2. The second-order valence-corrected chi connectivity index (χ2v) is 5.13. The Labute approximate surface area is 135 Å². The van der Waals surface area contributed by atoms with Gasteiger partial charge in [-0.15, -0.1) is 0 Å². The molecular formula is C19H19NO3. The zero-order chi connectivity index (χ0) is 16.7. The minimum Gasteiger partial charge on any atom is -0.462 e. The topological polar surface area (TPSA) is 55.4 Å². The number of amides is 1. The molecule has 2 aromatic carbocycles. The van der Waals surface area contributed by atoms with Crippen molar-refractivity contribution < 1.29 is 14.3 Å². The predicted octanol–water partition coefficient (Wildman–Crippen LogP) is 3.80. The minimum absolute atomic E-state index is 0.0328. The van der Waals surface area contributed by atoms with E-state index in [1.165, 1.54) is 0 Å². The molecule has 0 atom stereocenters. The van der Waals surface area contributed by atoms with Crippen molar-refractivity contribution in [3.63, 3.8) is 0 Å². The van der Waals surface area contributed by atoms with E-state index in [1.807, 2.05) is 54.6 Å². The van der Waals surface area contributed by atoms with Crippen LogP contribution in [0.3, 0.4) is 0 Å². The molecule has 0 unspecified atom stereocenters. The van der Waals surface area contributed by atoms with Crippen LogP contribution in [0.2, 0.25) is 0 Å². The van der Waals surface area contributed by atoms with E-state index in [0.717, 1.165) is 16.8 Å². The molecule has 4 nitrogen and oxygen atoms in total. The second kappa shape index (κ2) is 7.94. The number of esters is 1. The SMILES string of the molecule is C=C(C)C(=O)OCCC(=O)Nc1ccccc1-c1ccccc1. The van der Waals surface area contributed by atoms with Crippen LogP contribution in [0.15, 0.2) is 66.7 Å². The van der Waals surface area contributed by atoms with Crippen LogP contribution in [-0.2, 0) is 14.3 Å². The minimum atomic E-state index is -0.484. The van der Waals surface area contributed by atoms with E-state index < -0.39 is 5.97 Å². The highest BCUT2D eigenvalue weighted by Gasteiger charge is 2.09. The van der Waals surface area contributed by atoms with Crippen LogP contribution in [0.25, 0.3) is 11.1 Å². The molecule has 1 N–H and O–H groups in total. The lowest BCUT2D eigenvalue weighted by molar-refractivity contribution is -0.139. The van der Waals surface area contributed by atoms with Crippen molar-refractivity contribution in [3.05, 3.63) is 66.7 Å². The zero-order valence-electron chi connectivity index (χ0n) is 13.0. The number of rotatable bonds is 6. The number of nitrogens with one attached hydrogen (secondary N) is 1. The summed E-state index contributed by atoms with van der Waals surface area (Å²) in [5.74, 6) is -0.689. The van der Waals surface area contributed by atoms with Crippen molar-refractivity contribution >= 4 is 17.6 Å². The molecule has 0 saturated heterocycles. The van der Waals surface area contributed by atoms with Gasteiger partial charge in [-0.2, -0.15) is 0 Å². The van der Waals surface area contributed by atoms with Gasteiger partial charge in [-0.05, 0) is 18.6 Å². The van der Waals surface area contributed by atoms with Gasteiger partial charge in [0.1, 0.15) is 6.61 Å². The maximum atomic E-state index is 12.0. The van der Waals surface area contributed by atoms with Gasteiger partial charge in [-0.25, -0.2) is 4.79 Å². The van der Waals surface area contributed by atoms with Gasteiger partial charge in [0.15, 0.2) is 0 Å². The van der Waals surface area contributed by atoms with Gasteiger partial charge in [0.25, 0.3) is 0 Å². The highest BCUT2D eigenvalue weighted by Crippen LogP contribution is 2.27. The molecule has 0 bridgehead atoms. The number of hydrogen-bond donors (Lipinski definition) is 1. The lowest BCUT2D eigenvalue weighted by atomic mass is 10.0. The number of hydrogen-bond acceptors (Lipinski definition) is 3. The van der Waals surface area contributed by atoms with E-state index >= 15 is 0 Å². The molecule has 0 spiro atoms. The van der Waals surface area contributed by atoms with Crippen LogP contribution in [0.5, 0.6) is 0 Å². The average Bonchev–Trinajstić information content (AvgIpc) is 2.56. The molecule has 0 heterocycles. The van der Waals surface area contributed by atoms with Crippen molar-refractivity contribution in [1.82, 2.24) is 0 Å². The molecule has 1 amide bonds. The number of benzene rings is 2. The number of ether oxygens (including phenoxy) is 1. The Hall–Kier alpha value is -2.88. The molecule has 0 fully saturated rings. The van der Waals surface area contributed by atoms with Crippen LogP contribution in [0.4, 0.5) is 5.69 Å². The third-order valence-corrected chi connectivity index (χ3v) is 3.20. The standard InChI is InChI=1S/C19H19NO3/c1-14(2)19(22)23-13-12-18(21)20-17-11-7-6-10-16(17)15-8-4-3-5-9-15/h3-11H,1,12-13H2,2H3,(H,20,21). The lowest BCUT2D eigenvalue weighted by Crippen LogP contribution is -2.16. The van der Waals surface area contributed by atoms with Gasteiger partial charge in [0, 0.05) is 16.8 Å². The predicted molar refractivity (Wildman–Crippen MR) is 90.9 cm³/mol. The van der Waals surface area contributed by atoms with Gasteiger partial charge in [0.05, 0.1) is 6.42 Å². The monoisotopic (exact) mass is 309 g/mol. The maximum Gasteiger partial charge on any atom is 0.333 e. The Bertz CT molecular complexity index is 708. The van der Waals surface area contributed by atoms with Crippen molar-refractivity contribution in [3.8, 4) is 11.1 Å². The molecule has 23 heavy (non-hydrogen) atoms. The fraction of sp³-hybridized carbons (Fsp3) is 0.158. The molecular weight excluding hydrogens is 290 g/mol. The van der Waals surface area contributed by atoms with Crippen LogP contribution in [-0.4, -0.2) is 18.5 Å². The zero-order valence-corrected chi connectivity index (χ0v) is 13.0. The van der Waals surface area contributed by atoms with Crippen molar-refractivity contribution in [2.75, 3.05) is 11.9 Å². The average molecular weight is 309 g/mol. The first-order valence-electron chi connectivity index (χ1n) is 7.35. The van der Waals surface area contributed by atoms with Crippen LogP contribution >= 0.6 is 0 Å². The summed E-state index contributed by atoms with van der Waals surface area (Å²) in [6, 6.07) is 17.4. The molecule has 4 heteroatoms. The third-order valence-electron chi connectivity index (χ3n) is 3.20. The Balaban J connectivity index is 1.99. The normalized spacial score (nSPS) is 9.96. The summed E-state index contributed by atoms with van der Waals surface area (Å²) in [7, 11) is 0. The smallest absolute Gasteiger partial charge is 0.333 e. The highest BCUT2D eigenvalue weighted by molar-refractivity contribution is 5.95. The molecule has 2 aromatic rings. The Morgan fingerprint density at radius 2 is 1.70 bits per heavy atom. The Morgan fingerprint density at radius 3 is 2.39 bits per heavy atom. The summed E-state index contributed by atoms with van der Waals surface area (Å²) in [6.07, 6.45) is 0.0993. The highest BCUT2D eigenvalue weighted by atomic mass is 16.5. The van der Waals surface area contributed by atoms with E-state index in [2.05, 4.69) is 11.9 Å². The van der Waals surface area contributed by atoms with E-state index in [-0.39, 0.29) is 18.9 Å². The Kier molecular flexibility index (Phi) is 5.69. The fourth-order valence-electron chi connectivity index (χ4n) is 2.03. The lowest BCUT2D eigenvalue weighted by Gasteiger charge is -2.11. The summed E-state index contributed by atoms with van der Waals surface area (Å²) in [5, 5.41) is 2.86. The number of carbonyl (C=O) groups is 2. The summed E-state index contributed by atoms with van der Waals surface area (Å²) in [4.78, 5) is 23.3. The molecule has 0 aliphatic heterocycles. The molecule has 0 aliphatic rings. The largest absolute Gasteiger partial charge is 0.462 e. The molecule has 118 valence electrons. The molecule has 2 rings (SSSR count).